The van der Waals surface area contributed by atoms with Crippen LogP contribution in [0.3, 0.4) is 0 Å². The summed E-state index contributed by atoms with van der Waals surface area (Å²) in [6.07, 6.45) is -4.36. The summed E-state index contributed by atoms with van der Waals surface area (Å²) in [5.74, 6) is -0.286. The molecule has 128 valence electrons. The zero-order valence-corrected chi connectivity index (χ0v) is 13.1. The zero-order chi connectivity index (χ0) is 17.6. The van der Waals surface area contributed by atoms with Crippen molar-refractivity contribution in [1.82, 2.24) is 5.32 Å². The van der Waals surface area contributed by atoms with Gasteiger partial charge in [0.2, 0.25) is 0 Å². The first-order valence-electron chi connectivity index (χ1n) is 6.97. The molecular weight excluding hydrogens is 345 g/mol. The van der Waals surface area contributed by atoms with E-state index in [1.54, 1.807) is 30.3 Å². The number of anilines is 1. The third-order valence-electron chi connectivity index (χ3n) is 2.93. The van der Waals surface area contributed by atoms with E-state index in [1.165, 1.54) is 18.2 Å². The minimum atomic E-state index is -4.73. The van der Waals surface area contributed by atoms with E-state index in [4.69, 9.17) is 11.6 Å². The topological polar surface area (TPSA) is 50.4 Å². The summed E-state index contributed by atoms with van der Waals surface area (Å²) in [4.78, 5) is 11.7. The van der Waals surface area contributed by atoms with Crippen molar-refractivity contribution in [2.45, 2.75) is 12.8 Å². The van der Waals surface area contributed by atoms with E-state index < -0.39 is 12.4 Å². The number of nitrogens with one attached hydrogen (secondary N) is 2. The van der Waals surface area contributed by atoms with Gasteiger partial charge in [0.05, 0.1) is 0 Å². The fourth-order valence-electron chi connectivity index (χ4n) is 1.93. The van der Waals surface area contributed by atoms with Crippen LogP contribution in [0.25, 0.3) is 0 Å². The number of alkyl halides is 3. The van der Waals surface area contributed by atoms with Crippen LogP contribution in [-0.4, -0.2) is 18.9 Å². The van der Waals surface area contributed by atoms with E-state index in [0.717, 1.165) is 0 Å². The lowest BCUT2D eigenvalue weighted by molar-refractivity contribution is -0.274. The van der Waals surface area contributed by atoms with Crippen molar-refractivity contribution in [3.63, 3.8) is 0 Å². The third kappa shape index (κ3) is 6.37. The highest BCUT2D eigenvalue weighted by molar-refractivity contribution is 6.30. The lowest BCUT2D eigenvalue weighted by Crippen LogP contribution is -2.30. The fourth-order valence-corrected chi connectivity index (χ4v) is 2.05. The Morgan fingerprint density at radius 2 is 1.83 bits per heavy atom. The Balaban J connectivity index is 1.80. The van der Waals surface area contributed by atoms with Crippen molar-refractivity contribution >= 4 is 23.3 Å². The molecule has 2 N–H and O–H groups in total. The molecule has 2 rings (SSSR count). The first kappa shape index (κ1) is 17.9. The van der Waals surface area contributed by atoms with Crippen LogP contribution in [0.15, 0.2) is 48.5 Å². The zero-order valence-electron chi connectivity index (χ0n) is 12.4. The molecule has 0 saturated heterocycles. The maximum absolute atomic E-state index is 12.2. The van der Waals surface area contributed by atoms with E-state index in [2.05, 4.69) is 15.4 Å². The molecule has 0 radical (unpaired) electrons. The van der Waals surface area contributed by atoms with Crippen LogP contribution >= 0.6 is 11.6 Å². The highest BCUT2D eigenvalue weighted by atomic mass is 35.5. The highest BCUT2D eigenvalue weighted by Crippen LogP contribution is 2.23. The lowest BCUT2D eigenvalue weighted by Gasteiger charge is -2.11. The van der Waals surface area contributed by atoms with Crippen molar-refractivity contribution in [2.75, 3.05) is 11.9 Å². The molecule has 0 unspecified atom stereocenters. The van der Waals surface area contributed by atoms with E-state index in [1.807, 2.05) is 0 Å². The second-order valence-electron chi connectivity index (χ2n) is 4.83. The number of carbonyl (C=O) groups is 1. The average molecular weight is 359 g/mol. The molecule has 0 atom stereocenters. The number of hydrogen-bond donors (Lipinski definition) is 2. The molecular formula is C16H14ClF3N2O2. The minimum absolute atomic E-state index is 0.259. The number of hydrogen-bond acceptors (Lipinski definition) is 2. The monoisotopic (exact) mass is 358 g/mol. The van der Waals surface area contributed by atoms with Gasteiger partial charge in [-0.3, -0.25) is 0 Å². The molecule has 2 aromatic rings. The second kappa shape index (κ2) is 7.92. The van der Waals surface area contributed by atoms with Gasteiger partial charge in [0, 0.05) is 17.3 Å². The van der Waals surface area contributed by atoms with Crippen molar-refractivity contribution in [3.05, 3.63) is 59.1 Å². The van der Waals surface area contributed by atoms with Crippen LogP contribution in [0.1, 0.15) is 5.56 Å². The number of urea groups is 1. The Labute approximate surface area is 141 Å². The molecule has 0 aliphatic heterocycles. The largest absolute Gasteiger partial charge is 0.573 e. The summed E-state index contributed by atoms with van der Waals surface area (Å²) in [7, 11) is 0. The van der Waals surface area contributed by atoms with Crippen molar-refractivity contribution in [2.24, 2.45) is 0 Å². The number of benzene rings is 2. The fraction of sp³-hybridized carbons (Fsp3) is 0.188. The molecule has 8 heteroatoms. The Hall–Kier alpha value is -2.41. The van der Waals surface area contributed by atoms with Crippen molar-refractivity contribution < 1.29 is 22.7 Å². The van der Waals surface area contributed by atoms with Crippen LogP contribution in [0.4, 0.5) is 23.7 Å². The number of halogens is 4. The summed E-state index contributed by atoms with van der Waals surface area (Å²) in [6, 6.07) is 11.8. The number of carbonyl (C=O) groups excluding carboxylic acids is 1. The van der Waals surface area contributed by atoms with Gasteiger partial charge in [0.1, 0.15) is 5.75 Å². The highest BCUT2D eigenvalue weighted by Gasteiger charge is 2.31. The van der Waals surface area contributed by atoms with Gasteiger partial charge in [-0.15, -0.1) is 13.2 Å². The molecule has 0 bridgehead atoms. The second-order valence-corrected chi connectivity index (χ2v) is 5.27. The summed E-state index contributed by atoms with van der Waals surface area (Å²) in [5, 5.41) is 5.79. The average Bonchev–Trinajstić information content (AvgIpc) is 2.48. The molecule has 0 aromatic heterocycles. The van der Waals surface area contributed by atoms with Crippen molar-refractivity contribution in [1.29, 1.82) is 0 Å². The molecule has 24 heavy (non-hydrogen) atoms. The Bertz CT molecular complexity index is 690. The van der Waals surface area contributed by atoms with Crippen LogP contribution < -0.4 is 15.4 Å². The third-order valence-corrected chi connectivity index (χ3v) is 3.19. The van der Waals surface area contributed by atoms with Gasteiger partial charge in [0.15, 0.2) is 0 Å². The molecule has 0 saturated carbocycles. The lowest BCUT2D eigenvalue weighted by atomic mass is 10.1. The van der Waals surface area contributed by atoms with Crippen LogP contribution in [0.2, 0.25) is 5.02 Å². The Kier molecular flexibility index (Phi) is 5.92. The predicted molar refractivity (Wildman–Crippen MR) is 85.3 cm³/mol. The van der Waals surface area contributed by atoms with Gasteiger partial charge in [0.25, 0.3) is 0 Å². The summed E-state index contributed by atoms with van der Waals surface area (Å²) in [6.45, 7) is 0.259. The first-order chi connectivity index (χ1) is 11.3. The SMILES string of the molecule is O=C(NCCc1cccc(OC(F)(F)F)c1)Nc1ccc(Cl)cc1. The van der Waals surface area contributed by atoms with Crippen molar-refractivity contribution in [3.8, 4) is 5.75 Å². The number of rotatable bonds is 5. The molecule has 0 aliphatic rings. The minimum Gasteiger partial charge on any atom is -0.406 e. The quantitative estimate of drug-likeness (QED) is 0.820. The summed E-state index contributed by atoms with van der Waals surface area (Å²) < 4.78 is 40.3. The van der Waals surface area contributed by atoms with E-state index in [0.29, 0.717) is 22.7 Å². The predicted octanol–water partition coefficient (Wildman–Crippen LogP) is 4.60. The van der Waals surface area contributed by atoms with E-state index in [-0.39, 0.29) is 12.3 Å². The van der Waals surface area contributed by atoms with E-state index >= 15 is 0 Å². The van der Waals surface area contributed by atoms with Gasteiger partial charge in [-0.25, -0.2) is 4.79 Å². The summed E-state index contributed by atoms with van der Waals surface area (Å²) in [5.41, 5.74) is 1.20. The Morgan fingerprint density at radius 3 is 2.50 bits per heavy atom. The standard InChI is InChI=1S/C16H14ClF3N2O2/c17-12-4-6-13(7-5-12)22-15(23)21-9-8-11-2-1-3-14(10-11)24-16(18,19)20/h1-7,10H,8-9H2,(H2,21,22,23). The van der Waals surface area contributed by atoms with Crippen LogP contribution in [0.5, 0.6) is 5.75 Å². The maximum atomic E-state index is 12.2. The number of amides is 2. The molecule has 2 amide bonds. The van der Waals surface area contributed by atoms with Gasteiger partial charge in [-0.2, -0.15) is 0 Å². The molecule has 2 aromatic carbocycles. The van der Waals surface area contributed by atoms with E-state index in [9.17, 15) is 18.0 Å². The smallest absolute Gasteiger partial charge is 0.406 e. The van der Waals surface area contributed by atoms with Gasteiger partial charge < -0.3 is 15.4 Å². The normalized spacial score (nSPS) is 11.0. The van der Waals surface area contributed by atoms with Gasteiger partial charge in [-0.05, 0) is 48.4 Å². The molecule has 0 spiro atoms. The Morgan fingerprint density at radius 1 is 1.12 bits per heavy atom. The van der Waals surface area contributed by atoms with Gasteiger partial charge in [-0.1, -0.05) is 23.7 Å². The summed E-state index contributed by atoms with van der Waals surface area (Å²) >= 11 is 5.74. The maximum Gasteiger partial charge on any atom is 0.573 e. The number of ether oxygens (including phenoxy) is 1. The van der Waals surface area contributed by atoms with Crippen LogP contribution in [-0.2, 0) is 6.42 Å². The molecule has 4 nitrogen and oxygen atoms in total. The molecule has 0 heterocycles. The molecule has 0 fully saturated rings. The van der Waals surface area contributed by atoms with Crippen LogP contribution in [0, 0.1) is 0 Å². The van der Waals surface area contributed by atoms with Gasteiger partial charge >= 0.3 is 12.4 Å². The first-order valence-corrected chi connectivity index (χ1v) is 7.35. The molecule has 0 aliphatic carbocycles.